The van der Waals surface area contributed by atoms with Gasteiger partial charge in [0.15, 0.2) is 0 Å². The molecule has 1 atom stereocenters. The number of nitriles is 1. The molecule has 0 saturated heterocycles. The molecule has 0 heterocycles. The number of thioether (sulfide) groups is 1. The van der Waals surface area contributed by atoms with Crippen molar-refractivity contribution in [3.05, 3.63) is 29.8 Å². The standard InChI is InChI=1S/C16H23NOS/c1-4-14(9-10-19-12-17)15-7-5-6-8-16(15)18-11-13(2)3/h5-8,13-14H,4,9-11H2,1-3H3. The van der Waals surface area contributed by atoms with Gasteiger partial charge in [-0.05, 0) is 48.1 Å². The molecule has 1 rings (SSSR count). The summed E-state index contributed by atoms with van der Waals surface area (Å²) < 4.78 is 5.92. The lowest BCUT2D eigenvalue weighted by molar-refractivity contribution is 0.267. The molecule has 19 heavy (non-hydrogen) atoms. The molecule has 2 nitrogen and oxygen atoms in total. The van der Waals surface area contributed by atoms with Gasteiger partial charge in [0, 0.05) is 5.75 Å². The minimum Gasteiger partial charge on any atom is -0.493 e. The minimum absolute atomic E-state index is 0.476. The maximum Gasteiger partial charge on any atom is 0.133 e. The van der Waals surface area contributed by atoms with Gasteiger partial charge in [0.25, 0.3) is 0 Å². The van der Waals surface area contributed by atoms with Gasteiger partial charge in [-0.25, -0.2) is 0 Å². The summed E-state index contributed by atoms with van der Waals surface area (Å²) in [6.07, 6.45) is 2.10. The van der Waals surface area contributed by atoms with Gasteiger partial charge in [0.1, 0.15) is 11.2 Å². The van der Waals surface area contributed by atoms with E-state index in [1.54, 1.807) is 0 Å². The maximum absolute atomic E-state index is 8.61. The van der Waals surface area contributed by atoms with Crippen LogP contribution in [-0.2, 0) is 0 Å². The van der Waals surface area contributed by atoms with E-state index < -0.39 is 0 Å². The molecule has 0 bridgehead atoms. The number of thiocyanates is 1. The van der Waals surface area contributed by atoms with Crippen LogP contribution < -0.4 is 4.74 Å². The van der Waals surface area contributed by atoms with E-state index in [0.29, 0.717) is 11.8 Å². The summed E-state index contributed by atoms with van der Waals surface area (Å²) in [5.74, 6) is 2.89. The van der Waals surface area contributed by atoms with Crippen LogP contribution in [0.15, 0.2) is 24.3 Å². The van der Waals surface area contributed by atoms with Crippen molar-refractivity contribution < 1.29 is 4.74 Å². The third kappa shape index (κ3) is 5.57. The van der Waals surface area contributed by atoms with Gasteiger partial charge in [0.05, 0.1) is 6.61 Å². The summed E-state index contributed by atoms with van der Waals surface area (Å²) in [6, 6.07) is 8.30. The molecule has 0 aliphatic heterocycles. The predicted octanol–water partition coefficient (Wildman–Crippen LogP) is 4.82. The van der Waals surface area contributed by atoms with Crippen LogP contribution in [0.5, 0.6) is 5.75 Å². The van der Waals surface area contributed by atoms with Crippen LogP contribution in [-0.4, -0.2) is 12.4 Å². The van der Waals surface area contributed by atoms with Crippen molar-refractivity contribution in [2.24, 2.45) is 5.92 Å². The van der Waals surface area contributed by atoms with Gasteiger partial charge in [-0.3, -0.25) is 0 Å². The van der Waals surface area contributed by atoms with Crippen molar-refractivity contribution in [2.75, 3.05) is 12.4 Å². The molecule has 0 amide bonds. The largest absolute Gasteiger partial charge is 0.493 e. The lowest BCUT2D eigenvalue weighted by Gasteiger charge is -2.19. The second-order valence-electron chi connectivity index (χ2n) is 5.08. The molecule has 0 spiro atoms. The molecule has 1 unspecified atom stereocenters. The Hall–Kier alpha value is -1.14. The van der Waals surface area contributed by atoms with Gasteiger partial charge in [-0.1, -0.05) is 39.0 Å². The van der Waals surface area contributed by atoms with Crippen LogP contribution in [0.1, 0.15) is 45.1 Å². The average molecular weight is 277 g/mol. The summed E-state index contributed by atoms with van der Waals surface area (Å²) in [5, 5.41) is 10.7. The minimum atomic E-state index is 0.476. The Kier molecular flexibility index (Phi) is 7.43. The fourth-order valence-electron chi connectivity index (χ4n) is 2.03. The van der Waals surface area contributed by atoms with Crippen molar-refractivity contribution in [2.45, 2.75) is 39.5 Å². The molecule has 0 aromatic heterocycles. The SMILES string of the molecule is CCC(CCSC#N)c1ccccc1OCC(C)C. The smallest absolute Gasteiger partial charge is 0.133 e. The van der Waals surface area contributed by atoms with Crippen LogP contribution in [0.25, 0.3) is 0 Å². The summed E-state index contributed by atoms with van der Waals surface area (Å²) >= 11 is 1.34. The highest BCUT2D eigenvalue weighted by Gasteiger charge is 2.14. The van der Waals surface area contributed by atoms with Crippen molar-refractivity contribution in [1.82, 2.24) is 0 Å². The van der Waals surface area contributed by atoms with Gasteiger partial charge in [-0.15, -0.1) is 0 Å². The zero-order chi connectivity index (χ0) is 14.1. The molecule has 0 aliphatic rings. The molecule has 1 aromatic carbocycles. The van der Waals surface area contributed by atoms with E-state index in [2.05, 4.69) is 44.4 Å². The van der Waals surface area contributed by atoms with E-state index in [-0.39, 0.29) is 0 Å². The molecule has 0 fully saturated rings. The van der Waals surface area contributed by atoms with E-state index in [0.717, 1.165) is 31.0 Å². The van der Waals surface area contributed by atoms with E-state index in [1.807, 2.05) is 6.07 Å². The van der Waals surface area contributed by atoms with Crippen LogP contribution >= 0.6 is 11.8 Å². The van der Waals surface area contributed by atoms with E-state index >= 15 is 0 Å². The Morgan fingerprint density at radius 1 is 1.32 bits per heavy atom. The number of ether oxygens (including phenoxy) is 1. The Morgan fingerprint density at radius 2 is 2.05 bits per heavy atom. The zero-order valence-electron chi connectivity index (χ0n) is 12.1. The first-order valence-corrected chi connectivity index (χ1v) is 7.90. The Morgan fingerprint density at radius 3 is 2.68 bits per heavy atom. The highest BCUT2D eigenvalue weighted by atomic mass is 32.2. The third-order valence-electron chi connectivity index (χ3n) is 3.06. The first kappa shape index (κ1) is 15.9. The van der Waals surface area contributed by atoms with Gasteiger partial charge in [0.2, 0.25) is 0 Å². The predicted molar refractivity (Wildman–Crippen MR) is 82.5 cm³/mol. The van der Waals surface area contributed by atoms with Gasteiger partial charge in [-0.2, -0.15) is 5.26 Å². The lowest BCUT2D eigenvalue weighted by atomic mass is 9.93. The summed E-state index contributed by atoms with van der Waals surface area (Å²) in [7, 11) is 0. The van der Waals surface area contributed by atoms with Crippen LogP contribution in [0.3, 0.4) is 0 Å². The zero-order valence-corrected chi connectivity index (χ0v) is 12.9. The van der Waals surface area contributed by atoms with Crippen molar-refractivity contribution in [3.8, 4) is 11.2 Å². The van der Waals surface area contributed by atoms with Gasteiger partial charge < -0.3 is 4.74 Å². The summed E-state index contributed by atoms with van der Waals surface area (Å²) in [5.41, 5.74) is 1.28. The fourth-order valence-corrected chi connectivity index (χ4v) is 2.53. The molecule has 3 heteroatoms. The highest BCUT2D eigenvalue weighted by Crippen LogP contribution is 2.32. The van der Waals surface area contributed by atoms with Crippen molar-refractivity contribution in [3.63, 3.8) is 0 Å². The second kappa shape index (κ2) is 8.87. The lowest BCUT2D eigenvalue weighted by Crippen LogP contribution is -2.08. The fraction of sp³-hybridized carbons (Fsp3) is 0.562. The molecule has 0 aliphatic carbocycles. The normalized spacial score (nSPS) is 12.2. The number of nitrogens with zero attached hydrogens (tertiary/aromatic N) is 1. The molecule has 1 aromatic rings. The summed E-state index contributed by atoms with van der Waals surface area (Å²) in [4.78, 5) is 0. The van der Waals surface area contributed by atoms with Gasteiger partial charge >= 0.3 is 0 Å². The van der Waals surface area contributed by atoms with Crippen LogP contribution in [0.4, 0.5) is 0 Å². The first-order valence-electron chi connectivity index (χ1n) is 6.91. The maximum atomic E-state index is 8.61. The monoisotopic (exact) mass is 277 g/mol. The average Bonchev–Trinajstić information content (AvgIpc) is 2.42. The molecule has 104 valence electrons. The number of rotatable bonds is 8. The molecular formula is C16H23NOS. The van der Waals surface area contributed by atoms with E-state index in [4.69, 9.17) is 10.00 Å². The molecule has 0 N–H and O–H groups in total. The number of hydrogen-bond acceptors (Lipinski definition) is 3. The highest BCUT2D eigenvalue weighted by molar-refractivity contribution is 8.03. The second-order valence-corrected chi connectivity index (χ2v) is 5.96. The van der Waals surface area contributed by atoms with Crippen LogP contribution in [0, 0.1) is 16.6 Å². The Balaban J connectivity index is 2.75. The van der Waals surface area contributed by atoms with E-state index in [1.165, 1.54) is 17.3 Å². The van der Waals surface area contributed by atoms with Crippen molar-refractivity contribution in [1.29, 1.82) is 5.26 Å². The Bertz CT molecular complexity index is 411. The topological polar surface area (TPSA) is 33.0 Å². The third-order valence-corrected chi connectivity index (χ3v) is 3.63. The number of hydrogen-bond donors (Lipinski definition) is 0. The summed E-state index contributed by atoms with van der Waals surface area (Å²) in [6.45, 7) is 7.26. The van der Waals surface area contributed by atoms with Crippen molar-refractivity contribution >= 4 is 11.8 Å². The number of benzene rings is 1. The Labute approximate surface area is 121 Å². The molecule has 0 radical (unpaired) electrons. The molecule has 0 saturated carbocycles. The van der Waals surface area contributed by atoms with Crippen LogP contribution in [0.2, 0.25) is 0 Å². The first-order chi connectivity index (χ1) is 9.19. The van der Waals surface area contributed by atoms with E-state index in [9.17, 15) is 0 Å². The number of para-hydroxylation sites is 1. The molecular weight excluding hydrogens is 254 g/mol. The quantitative estimate of drug-likeness (QED) is 0.504.